The Kier molecular flexibility index (Phi) is 5.24. The van der Waals surface area contributed by atoms with Crippen molar-refractivity contribution in [3.05, 3.63) is 47.5 Å². The fraction of sp³-hybridized carbons (Fsp3) is 0.500. The average Bonchev–Trinajstić information content (AvgIpc) is 3.01. The zero-order valence-electron chi connectivity index (χ0n) is 14.2. The molecule has 126 valence electrons. The first-order chi connectivity index (χ1) is 11.7. The summed E-state index contributed by atoms with van der Waals surface area (Å²) in [6.07, 6.45) is 1.62. The number of nitriles is 1. The minimum atomic E-state index is -0.00600. The van der Waals surface area contributed by atoms with E-state index in [1.54, 1.807) is 6.33 Å². The van der Waals surface area contributed by atoms with Crippen molar-refractivity contribution in [1.29, 1.82) is 5.26 Å². The van der Waals surface area contributed by atoms with Gasteiger partial charge in [-0.1, -0.05) is 26.0 Å². The van der Waals surface area contributed by atoms with Gasteiger partial charge in [-0.05, 0) is 23.6 Å². The van der Waals surface area contributed by atoms with Crippen LogP contribution in [0.1, 0.15) is 36.9 Å². The Morgan fingerprint density at radius 1 is 1.42 bits per heavy atom. The van der Waals surface area contributed by atoms with E-state index in [-0.39, 0.29) is 6.10 Å². The van der Waals surface area contributed by atoms with Crippen molar-refractivity contribution in [2.45, 2.75) is 33.0 Å². The molecule has 1 aromatic heterocycles. The van der Waals surface area contributed by atoms with E-state index in [2.05, 4.69) is 34.9 Å². The highest BCUT2D eigenvalue weighted by atomic mass is 16.5. The fourth-order valence-electron chi connectivity index (χ4n) is 2.97. The molecule has 0 aliphatic carbocycles. The number of hydrogen-bond donors (Lipinski definition) is 0. The summed E-state index contributed by atoms with van der Waals surface area (Å²) < 4.78 is 7.91. The summed E-state index contributed by atoms with van der Waals surface area (Å²) in [5.41, 5.74) is 1.73. The van der Waals surface area contributed by atoms with Gasteiger partial charge in [0.2, 0.25) is 0 Å². The lowest BCUT2D eigenvalue weighted by Crippen LogP contribution is -2.38. The molecule has 3 rings (SSSR count). The van der Waals surface area contributed by atoms with Crippen LogP contribution in [0.4, 0.5) is 0 Å². The summed E-state index contributed by atoms with van der Waals surface area (Å²) in [6.45, 7) is 8.36. The number of aromatic nitrogens is 3. The van der Waals surface area contributed by atoms with Crippen molar-refractivity contribution in [2.24, 2.45) is 5.92 Å². The summed E-state index contributed by atoms with van der Waals surface area (Å²) in [6, 6.07) is 9.86. The van der Waals surface area contributed by atoms with Crippen LogP contribution in [0.5, 0.6) is 0 Å². The molecule has 1 fully saturated rings. The van der Waals surface area contributed by atoms with E-state index < -0.39 is 0 Å². The van der Waals surface area contributed by atoms with Gasteiger partial charge in [0.05, 0.1) is 30.9 Å². The second-order valence-electron chi connectivity index (χ2n) is 6.58. The molecule has 1 unspecified atom stereocenters. The Morgan fingerprint density at radius 2 is 2.29 bits per heavy atom. The number of hydrogen-bond acceptors (Lipinski definition) is 5. The van der Waals surface area contributed by atoms with Crippen molar-refractivity contribution >= 4 is 0 Å². The number of nitrogens with zero attached hydrogens (tertiary/aromatic N) is 5. The van der Waals surface area contributed by atoms with E-state index in [1.807, 2.05) is 28.9 Å². The van der Waals surface area contributed by atoms with Gasteiger partial charge >= 0.3 is 0 Å². The van der Waals surface area contributed by atoms with Crippen molar-refractivity contribution in [3.8, 4) is 6.07 Å². The molecule has 1 aromatic carbocycles. The standard InChI is InChI=1S/C18H23N5O/c1-14(2)10-23-18(20-13-21-23)12-22-6-7-24-17(11-22)16-5-3-4-15(8-16)9-19/h3-5,8,13-14,17H,6-7,10-12H2,1-2H3. The predicted octanol–water partition coefficient (Wildman–Crippen LogP) is 2.38. The first-order valence-electron chi connectivity index (χ1n) is 8.36. The maximum absolute atomic E-state index is 9.07. The minimum Gasteiger partial charge on any atom is -0.371 e. The summed E-state index contributed by atoms with van der Waals surface area (Å²) in [7, 11) is 0. The zero-order valence-corrected chi connectivity index (χ0v) is 14.2. The highest BCUT2D eigenvalue weighted by molar-refractivity contribution is 5.34. The Hall–Kier alpha value is -2.23. The quantitative estimate of drug-likeness (QED) is 0.844. The zero-order chi connectivity index (χ0) is 16.9. The molecule has 2 heterocycles. The van der Waals surface area contributed by atoms with Crippen molar-refractivity contribution in [2.75, 3.05) is 19.7 Å². The topological polar surface area (TPSA) is 67.0 Å². The van der Waals surface area contributed by atoms with Gasteiger partial charge in [-0.3, -0.25) is 4.90 Å². The molecule has 0 saturated carbocycles. The highest BCUT2D eigenvalue weighted by Crippen LogP contribution is 2.23. The molecular formula is C18H23N5O. The van der Waals surface area contributed by atoms with E-state index in [4.69, 9.17) is 10.00 Å². The monoisotopic (exact) mass is 325 g/mol. The molecule has 0 bridgehead atoms. The number of ether oxygens (including phenoxy) is 1. The van der Waals surface area contributed by atoms with Crippen LogP contribution in [0.25, 0.3) is 0 Å². The number of benzene rings is 1. The van der Waals surface area contributed by atoms with E-state index in [9.17, 15) is 0 Å². The van der Waals surface area contributed by atoms with Gasteiger partial charge in [-0.25, -0.2) is 9.67 Å². The van der Waals surface area contributed by atoms with E-state index in [1.165, 1.54) is 0 Å². The molecule has 0 N–H and O–H groups in total. The normalized spacial score (nSPS) is 18.7. The Morgan fingerprint density at radius 3 is 3.08 bits per heavy atom. The van der Waals surface area contributed by atoms with Gasteiger partial charge in [-0.2, -0.15) is 10.4 Å². The van der Waals surface area contributed by atoms with E-state index in [0.29, 0.717) is 18.1 Å². The molecule has 6 heteroatoms. The maximum atomic E-state index is 9.07. The Balaban J connectivity index is 1.68. The third kappa shape index (κ3) is 3.99. The Labute approximate surface area is 142 Å². The van der Waals surface area contributed by atoms with Crippen LogP contribution in [0.3, 0.4) is 0 Å². The molecule has 0 spiro atoms. The molecule has 1 aliphatic rings. The van der Waals surface area contributed by atoms with Crippen LogP contribution in [-0.4, -0.2) is 39.4 Å². The molecule has 2 aromatic rings. The minimum absolute atomic E-state index is 0.00600. The molecule has 1 aliphatic heterocycles. The molecular weight excluding hydrogens is 302 g/mol. The van der Waals surface area contributed by atoms with Gasteiger partial charge in [0.15, 0.2) is 0 Å². The maximum Gasteiger partial charge on any atom is 0.141 e. The smallest absolute Gasteiger partial charge is 0.141 e. The lowest BCUT2D eigenvalue weighted by Gasteiger charge is -2.33. The van der Waals surface area contributed by atoms with E-state index >= 15 is 0 Å². The van der Waals surface area contributed by atoms with Gasteiger partial charge in [0.1, 0.15) is 12.2 Å². The van der Waals surface area contributed by atoms with Gasteiger partial charge in [0.25, 0.3) is 0 Å². The molecule has 1 atom stereocenters. The van der Waals surface area contributed by atoms with Crippen molar-refractivity contribution in [3.63, 3.8) is 0 Å². The first kappa shape index (κ1) is 16.6. The largest absolute Gasteiger partial charge is 0.371 e. The van der Waals surface area contributed by atoms with Crippen LogP contribution < -0.4 is 0 Å². The average molecular weight is 325 g/mol. The summed E-state index contributed by atoms with van der Waals surface area (Å²) >= 11 is 0. The second-order valence-corrected chi connectivity index (χ2v) is 6.58. The lowest BCUT2D eigenvalue weighted by atomic mass is 10.0. The molecule has 1 saturated heterocycles. The lowest BCUT2D eigenvalue weighted by molar-refractivity contribution is -0.0341. The predicted molar refractivity (Wildman–Crippen MR) is 90.0 cm³/mol. The van der Waals surface area contributed by atoms with Gasteiger partial charge in [0, 0.05) is 19.6 Å². The van der Waals surface area contributed by atoms with Crippen LogP contribution in [0.15, 0.2) is 30.6 Å². The summed E-state index contributed by atoms with van der Waals surface area (Å²) in [5.74, 6) is 1.53. The molecule has 6 nitrogen and oxygen atoms in total. The van der Waals surface area contributed by atoms with Crippen LogP contribution in [-0.2, 0) is 17.8 Å². The van der Waals surface area contributed by atoms with Crippen molar-refractivity contribution < 1.29 is 4.74 Å². The van der Waals surface area contributed by atoms with Crippen molar-refractivity contribution in [1.82, 2.24) is 19.7 Å². The van der Waals surface area contributed by atoms with Gasteiger partial charge in [-0.15, -0.1) is 0 Å². The van der Waals surface area contributed by atoms with Crippen LogP contribution >= 0.6 is 0 Å². The molecule has 0 amide bonds. The number of rotatable bonds is 5. The third-order valence-electron chi connectivity index (χ3n) is 4.14. The first-order valence-corrected chi connectivity index (χ1v) is 8.36. The van der Waals surface area contributed by atoms with Crippen LogP contribution in [0, 0.1) is 17.2 Å². The summed E-state index contributed by atoms with van der Waals surface area (Å²) in [5, 5.41) is 13.4. The van der Waals surface area contributed by atoms with Gasteiger partial charge < -0.3 is 4.74 Å². The SMILES string of the molecule is CC(C)Cn1ncnc1CN1CCOC(c2cccc(C#N)c2)C1. The highest BCUT2D eigenvalue weighted by Gasteiger charge is 2.23. The molecule has 0 radical (unpaired) electrons. The van der Waals surface area contributed by atoms with E-state index in [0.717, 1.165) is 37.6 Å². The second kappa shape index (κ2) is 7.56. The summed E-state index contributed by atoms with van der Waals surface area (Å²) in [4.78, 5) is 6.76. The third-order valence-corrected chi connectivity index (χ3v) is 4.14. The van der Waals surface area contributed by atoms with Crippen LogP contribution in [0.2, 0.25) is 0 Å². The Bertz CT molecular complexity index is 718. The molecule has 24 heavy (non-hydrogen) atoms. The fourth-order valence-corrected chi connectivity index (χ4v) is 2.97. The number of morpholine rings is 1.